The van der Waals surface area contributed by atoms with Crippen LogP contribution in [0.3, 0.4) is 0 Å². The summed E-state index contributed by atoms with van der Waals surface area (Å²) >= 11 is 6.14. The fraction of sp³-hybridized carbons (Fsp3) is 0.355. The Bertz CT molecular complexity index is 1450. The molecular formula is C31H37ClFN3O4S. The molecule has 10 heteroatoms. The maximum absolute atomic E-state index is 14.7. The Hall–Kier alpha value is -3.43. The number of carbonyl (C=O) groups excluding carboxylic acids is 2. The van der Waals surface area contributed by atoms with Crippen LogP contribution < -0.4 is 9.62 Å². The standard InChI is InChI=1S/C31H37ClFN3O4S/c1-22(2)34-31(38)29(19-24-11-6-5-7-12-24)35(21-25-13-8-9-14-27(25)33)30(37)15-10-18-36(41(4,39)40)28-20-26(32)17-16-23(28)3/h5-9,11-14,16-17,20,22,29H,10,15,18-19,21H2,1-4H3,(H,34,38)/t29-/m1/s1. The summed E-state index contributed by atoms with van der Waals surface area (Å²) in [5.41, 5.74) is 2.29. The minimum atomic E-state index is -3.68. The highest BCUT2D eigenvalue weighted by atomic mass is 35.5. The third-order valence-corrected chi connectivity index (χ3v) is 8.01. The number of amides is 2. The molecule has 0 aliphatic carbocycles. The maximum Gasteiger partial charge on any atom is 0.243 e. The van der Waals surface area contributed by atoms with Gasteiger partial charge in [-0.15, -0.1) is 0 Å². The Balaban J connectivity index is 1.91. The van der Waals surface area contributed by atoms with E-state index in [1.54, 1.807) is 43.3 Å². The topological polar surface area (TPSA) is 86.8 Å². The SMILES string of the molecule is Cc1ccc(Cl)cc1N(CCCC(=O)N(Cc1ccccc1F)[C@H](Cc1ccccc1)C(=O)NC(C)C)S(C)(=O)=O. The second kappa shape index (κ2) is 14.5. The predicted octanol–water partition coefficient (Wildman–Crippen LogP) is 5.50. The molecule has 1 N–H and O–H groups in total. The molecule has 0 radical (unpaired) electrons. The van der Waals surface area contributed by atoms with Crippen LogP contribution in [-0.4, -0.2) is 50.0 Å². The number of benzene rings is 3. The molecule has 0 heterocycles. The van der Waals surface area contributed by atoms with E-state index in [0.717, 1.165) is 17.4 Å². The minimum absolute atomic E-state index is 0.0286. The molecule has 0 saturated heterocycles. The summed E-state index contributed by atoms with van der Waals surface area (Å²) in [6, 6.07) is 19.4. The first-order valence-corrected chi connectivity index (χ1v) is 15.7. The Labute approximate surface area is 247 Å². The van der Waals surface area contributed by atoms with Crippen LogP contribution >= 0.6 is 11.6 Å². The number of hydrogen-bond donors (Lipinski definition) is 1. The highest BCUT2D eigenvalue weighted by Gasteiger charge is 2.31. The predicted molar refractivity (Wildman–Crippen MR) is 162 cm³/mol. The normalized spacial score (nSPS) is 12.2. The number of aryl methyl sites for hydroxylation is 1. The van der Waals surface area contributed by atoms with Crippen molar-refractivity contribution in [2.45, 2.75) is 58.7 Å². The zero-order chi connectivity index (χ0) is 30.2. The van der Waals surface area contributed by atoms with Gasteiger partial charge < -0.3 is 10.2 Å². The number of carbonyl (C=O) groups is 2. The first kappa shape index (κ1) is 32.1. The van der Waals surface area contributed by atoms with Gasteiger partial charge in [0.1, 0.15) is 11.9 Å². The number of nitrogens with one attached hydrogen (secondary N) is 1. The fourth-order valence-electron chi connectivity index (χ4n) is 4.58. The van der Waals surface area contributed by atoms with E-state index in [4.69, 9.17) is 11.6 Å². The third kappa shape index (κ3) is 9.30. The molecule has 0 unspecified atom stereocenters. The smallest absolute Gasteiger partial charge is 0.243 e. The first-order chi connectivity index (χ1) is 19.4. The molecule has 2 amide bonds. The quantitative estimate of drug-likeness (QED) is 0.280. The molecule has 0 aliphatic rings. The summed E-state index contributed by atoms with van der Waals surface area (Å²) in [6.07, 6.45) is 1.46. The van der Waals surface area contributed by atoms with Gasteiger partial charge in [-0.25, -0.2) is 12.8 Å². The first-order valence-electron chi connectivity index (χ1n) is 13.5. The third-order valence-electron chi connectivity index (χ3n) is 6.59. The largest absolute Gasteiger partial charge is 0.352 e. The Morgan fingerprint density at radius 2 is 1.66 bits per heavy atom. The van der Waals surface area contributed by atoms with Crippen molar-refractivity contribution in [3.05, 3.63) is 100 Å². The Morgan fingerprint density at radius 1 is 1.00 bits per heavy atom. The van der Waals surface area contributed by atoms with Crippen LogP contribution in [0.1, 0.15) is 43.4 Å². The number of hydrogen-bond acceptors (Lipinski definition) is 4. The van der Waals surface area contributed by atoms with E-state index >= 15 is 0 Å². The molecule has 0 aromatic heterocycles. The van der Waals surface area contributed by atoms with E-state index in [9.17, 15) is 22.4 Å². The van der Waals surface area contributed by atoms with Crippen molar-refractivity contribution in [1.29, 1.82) is 0 Å². The van der Waals surface area contributed by atoms with Crippen LogP contribution in [0, 0.1) is 12.7 Å². The van der Waals surface area contributed by atoms with Gasteiger partial charge in [-0.1, -0.05) is 66.2 Å². The lowest BCUT2D eigenvalue weighted by molar-refractivity contribution is -0.141. The summed E-state index contributed by atoms with van der Waals surface area (Å²) in [6.45, 7) is 5.36. The van der Waals surface area contributed by atoms with Crippen LogP contribution in [0.15, 0.2) is 72.8 Å². The molecule has 7 nitrogen and oxygen atoms in total. The summed E-state index contributed by atoms with van der Waals surface area (Å²) in [5, 5.41) is 3.29. The van der Waals surface area contributed by atoms with Crippen molar-refractivity contribution in [1.82, 2.24) is 10.2 Å². The summed E-state index contributed by atoms with van der Waals surface area (Å²) in [7, 11) is -3.68. The summed E-state index contributed by atoms with van der Waals surface area (Å²) in [4.78, 5) is 28.7. The molecule has 3 aromatic rings. The molecular weight excluding hydrogens is 565 g/mol. The van der Waals surface area contributed by atoms with E-state index in [0.29, 0.717) is 10.7 Å². The molecule has 1 atom stereocenters. The minimum Gasteiger partial charge on any atom is -0.352 e. The van der Waals surface area contributed by atoms with Gasteiger partial charge in [0.25, 0.3) is 0 Å². The van der Waals surface area contributed by atoms with Crippen molar-refractivity contribution in [2.24, 2.45) is 0 Å². The van der Waals surface area contributed by atoms with Gasteiger partial charge in [-0.2, -0.15) is 0 Å². The van der Waals surface area contributed by atoms with Crippen molar-refractivity contribution in [3.8, 4) is 0 Å². The molecule has 3 aromatic carbocycles. The van der Waals surface area contributed by atoms with Gasteiger partial charge in [0, 0.05) is 42.6 Å². The summed E-state index contributed by atoms with van der Waals surface area (Å²) in [5.74, 6) is -1.21. The molecule has 0 bridgehead atoms. The fourth-order valence-corrected chi connectivity index (χ4v) is 5.76. The van der Waals surface area contributed by atoms with E-state index in [1.165, 1.54) is 15.3 Å². The van der Waals surface area contributed by atoms with Crippen LogP contribution in [0.25, 0.3) is 0 Å². The van der Waals surface area contributed by atoms with Gasteiger partial charge in [0.2, 0.25) is 21.8 Å². The van der Waals surface area contributed by atoms with E-state index in [-0.39, 0.29) is 55.8 Å². The van der Waals surface area contributed by atoms with Crippen LogP contribution in [0.4, 0.5) is 10.1 Å². The lowest BCUT2D eigenvalue weighted by atomic mass is 10.0. The number of anilines is 1. The average Bonchev–Trinajstić information content (AvgIpc) is 2.90. The van der Waals surface area contributed by atoms with Gasteiger partial charge in [-0.3, -0.25) is 13.9 Å². The maximum atomic E-state index is 14.7. The van der Waals surface area contributed by atoms with E-state index in [2.05, 4.69) is 5.32 Å². The number of sulfonamides is 1. The zero-order valence-corrected chi connectivity index (χ0v) is 25.4. The van der Waals surface area contributed by atoms with E-state index < -0.39 is 21.9 Å². The molecule has 0 aliphatic heterocycles. The van der Waals surface area contributed by atoms with Gasteiger partial charge in [0.15, 0.2) is 0 Å². The summed E-state index contributed by atoms with van der Waals surface area (Å²) < 4.78 is 41.3. The zero-order valence-electron chi connectivity index (χ0n) is 23.8. The van der Waals surface area contributed by atoms with Crippen molar-refractivity contribution in [3.63, 3.8) is 0 Å². The van der Waals surface area contributed by atoms with Gasteiger partial charge >= 0.3 is 0 Å². The highest BCUT2D eigenvalue weighted by Crippen LogP contribution is 2.27. The van der Waals surface area contributed by atoms with Crippen molar-refractivity contribution in [2.75, 3.05) is 17.1 Å². The van der Waals surface area contributed by atoms with E-state index in [1.807, 2.05) is 44.2 Å². The van der Waals surface area contributed by atoms with Crippen LogP contribution in [0.2, 0.25) is 5.02 Å². The van der Waals surface area contributed by atoms with Crippen molar-refractivity contribution >= 4 is 39.1 Å². The van der Waals surface area contributed by atoms with Crippen molar-refractivity contribution < 1.29 is 22.4 Å². The van der Waals surface area contributed by atoms with Gasteiger partial charge in [-0.05, 0) is 56.5 Å². The lowest BCUT2D eigenvalue weighted by Crippen LogP contribution is -2.52. The van der Waals surface area contributed by atoms with Crippen LogP contribution in [0.5, 0.6) is 0 Å². The number of nitrogens with zero attached hydrogens (tertiary/aromatic N) is 2. The number of halogens is 2. The Kier molecular flexibility index (Phi) is 11.3. The molecule has 220 valence electrons. The van der Waals surface area contributed by atoms with Gasteiger partial charge in [0.05, 0.1) is 11.9 Å². The highest BCUT2D eigenvalue weighted by molar-refractivity contribution is 7.92. The molecule has 0 spiro atoms. The molecule has 3 rings (SSSR count). The Morgan fingerprint density at radius 3 is 2.29 bits per heavy atom. The monoisotopic (exact) mass is 601 g/mol. The second-order valence-corrected chi connectivity index (χ2v) is 12.7. The molecule has 0 saturated carbocycles. The van der Waals surface area contributed by atoms with Crippen LogP contribution in [-0.2, 0) is 32.6 Å². The molecule has 0 fully saturated rings. The average molecular weight is 602 g/mol. The second-order valence-electron chi connectivity index (χ2n) is 10.4. The molecule has 41 heavy (non-hydrogen) atoms. The number of rotatable bonds is 13. The lowest BCUT2D eigenvalue weighted by Gasteiger charge is -2.32.